The summed E-state index contributed by atoms with van der Waals surface area (Å²) in [5, 5.41) is 4.81. The number of carbonyl (C=O) groups is 1. The van der Waals surface area contributed by atoms with Gasteiger partial charge in [-0.1, -0.05) is 56.3 Å². The van der Waals surface area contributed by atoms with Gasteiger partial charge in [0.05, 0.1) is 5.71 Å². The number of hydrogen-bond donors (Lipinski definition) is 1. The molecule has 1 amide bonds. The molecule has 0 atom stereocenters. The molecule has 3 nitrogen and oxygen atoms in total. The molecule has 1 aromatic rings. The van der Waals surface area contributed by atoms with E-state index in [0.717, 1.165) is 24.1 Å². The Morgan fingerprint density at radius 2 is 1.80 bits per heavy atom. The number of benzene rings is 1. The van der Waals surface area contributed by atoms with Gasteiger partial charge in [-0.3, -0.25) is 4.79 Å². The van der Waals surface area contributed by atoms with Crippen molar-refractivity contribution in [3.63, 3.8) is 0 Å². The van der Waals surface area contributed by atoms with E-state index < -0.39 is 0 Å². The summed E-state index contributed by atoms with van der Waals surface area (Å²) in [6, 6.07) is 7.40. The number of carbonyl (C=O) groups excluding carboxylic acids is 1. The zero-order chi connectivity index (χ0) is 14.8. The van der Waals surface area contributed by atoms with E-state index in [1.165, 1.54) is 19.3 Å². The maximum Gasteiger partial charge on any atom is 0.240 e. The van der Waals surface area contributed by atoms with Crippen LogP contribution in [0.2, 0.25) is 5.02 Å². The van der Waals surface area contributed by atoms with Gasteiger partial charge in [0.2, 0.25) is 5.91 Å². The summed E-state index contributed by atoms with van der Waals surface area (Å²) in [7, 11) is 0. The van der Waals surface area contributed by atoms with Gasteiger partial charge in [-0.25, -0.2) is 5.43 Å². The molecule has 110 valence electrons. The van der Waals surface area contributed by atoms with E-state index in [0.29, 0.717) is 11.4 Å². The zero-order valence-electron chi connectivity index (χ0n) is 12.3. The van der Waals surface area contributed by atoms with Crippen LogP contribution in [0, 0.1) is 0 Å². The number of unbranched alkanes of at least 4 members (excludes halogenated alkanes) is 4. The van der Waals surface area contributed by atoms with Gasteiger partial charge >= 0.3 is 0 Å². The number of halogens is 1. The second-order valence-electron chi connectivity index (χ2n) is 4.90. The molecule has 0 saturated carbocycles. The maximum absolute atomic E-state index is 11.6. The second-order valence-corrected chi connectivity index (χ2v) is 5.34. The smallest absolute Gasteiger partial charge is 0.240 e. The molecule has 20 heavy (non-hydrogen) atoms. The highest BCUT2D eigenvalue weighted by Crippen LogP contribution is 2.10. The standard InChI is InChI=1S/C16H23ClN2O/c1-3-4-5-6-7-8-16(20)19-18-13(2)14-9-11-15(17)12-10-14/h9-12H,3-8H2,1-2H3,(H,19,20)/b18-13+. The van der Waals surface area contributed by atoms with Crippen molar-refractivity contribution in [2.75, 3.05) is 0 Å². The Morgan fingerprint density at radius 1 is 1.15 bits per heavy atom. The van der Waals surface area contributed by atoms with E-state index in [4.69, 9.17) is 11.6 Å². The van der Waals surface area contributed by atoms with E-state index in [1.54, 1.807) is 0 Å². The summed E-state index contributed by atoms with van der Waals surface area (Å²) in [5.74, 6) is -0.0187. The van der Waals surface area contributed by atoms with Gasteiger partial charge in [0.15, 0.2) is 0 Å². The van der Waals surface area contributed by atoms with Gasteiger partial charge < -0.3 is 0 Å². The fraction of sp³-hybridized carbons (Fsp3) is 0.500. The van der Waals surface area contributed by atoms with Crippen molar-refractivity contribution in [1.82, 2.24) is 5.43 Å². The van der Waals surface area contributed by atoms with Crippen molar-refractivity contribution in [2.45, 2.75) is 52.4 Å². The lowest BCUT2D eigenvalue weighted by Gasteiger charge is -2.03. The fourth-order valence-corrected chi connectivity index (χ4v) is 1.97. The monoisotopic (exact) mass is 294 g/mol. The molecule has 0 aliphatic rings. The van der Waals surface area contributed by atoms with Crippen LogP contribution in [0.25, 0.3) is 0 Å². The normalized spacial score (nSPS) is 11.4. The second kappa shape index (κ2) is 9.54. The van der Waals surface area contributed by atoms with Gasteiger partial charge in [0, 0.05) is 11.4 Å². The Balaban J connectivity index is 2.31. The Bertz CT molecular complexity index is 440. The molecule has 0 spiro atoms. The van der Waals surface area contributed by atoms with Crippen LogP contribution in [0.5, 0.6) is 0 Å². The van der Waals surface area contributed by atoms with Gasteiger partial charge in [0.1, 0.15) is 0 Å². The van der Waals surface area contributed by atoms with Gasteiger partial charge in [-0.2, -0.15) is 5.10 Å². The SMILES string of the molecule is CCCCCCCC(=O)N/N=C(\C)c1ccc(Cl)cc1. The summed E-state index contributed by atoms with van der Waals surface area (Å²) in [6.07, 6.45) is 6.26. The zero-order valence-corrected chi connectivity index (χ0v) is 13.0. The molecule has 0 aliphatic heterocycles. The van der Waals surface area contributed by atoms with Crippen LogP contribution in [0.15, 0.2) is 29.4 Å². The van der Waals surface area contributed by atoms with E-state index >= 15 is 0 Å². The van der Waals surface area contributed by atoms with Crippen LogP contribution in [0.1, 0.15) is 57.9 Å². The van der Waals surface area contributed by atoms with Gasteiger partial charge in [-0.05, 0) is 31.0 Å². The summed E-state index contributed by atoms with van der Waals surface area (Å²) < 4.78 is 0. The number of nitrogens with one attached hydrogen (secondary N) is 1. The highest BCUT2D eigenvalue weighted by atomic mass is 35.5. The predicted molar refractivity (Wildman–Crippen MR) is 85.2 cm³/mol. The van der Waals surface area contributed by atoms with Crippen LogP contribution in [0.3, 0.4) is 0 Å². The average Bonchev–Trinajstić information content (AvgIpc) is 2.45. The van der Waals surface area contributed by atoms with Crippen LogP contribution in [-0.2, 0) is 4.79 Å². The molecule has 1 aromatic carbocycles. The molecule has 0 unspecified atom stereocenters. The average molecular weight is 295 g/mol. The van der Waals surface area contributed by atoms with Gasteiger partial charge in [0.25, 0.3) is 0 Å². The summed E-state index contributed by atoms with van der Waals surface area (Å²) in [4.78, 5) is 11.6. The third-order valence-corrected chi connectivity index (χ3v) is 3.37. The van der Waals surface area contributed by atoms with Crippen LogP contribution in [-0.4, -0.2) is 11.6 Å². The lowest BCUT2D eigenvalue weighted by atomic mass is 10.1. The first-order chi connectivity index (χ1) is 9.63. The van der Waals surface area contributed by atoms with E-state index in [2.05, 4.69) is 17.5 Å². The minimum absolute atomic E-state index is 0.0187. The van der Waals surface area contributed by atoms with Crippen molar-refractivity contribution in [3.8, 4) is 0 Å². The van der Waals surface area contributed by atoms with Crippen LogP contribution >= 0.6 is 11.6 Å². The molecular formula is C16H23ClN2O. The molecule has 0 bridgehead atoms. The highest BCUT2D eigenvalue weighted by Gasteiger charge is 2.01. The van der Waals surface area contributed by atoms with Crippen molar-refractivity contribution >= 4 is 23.2 Å². The lowest BCUT2D eigenvalue weighted by molar-refractivity contribution is -0.121. The number of rotatable bonds is 8. The molecule has 1 N–H and O–H groups in total. The van der Waals surface area contributed by atoms with Crippen molar-refractivity contribution < 1.29 is 4.79 Å². The van der Waals surface area contributed by atoms with E-state index in [9.17, 15) is 4.79 Å². The summed E-state index contributed by atoms with van der Waals surface area (Å²) in [6.45, 7) is 4.05. The van der Waals surface area contributed by atoms with Crippen molar-refractivity contribution in [3.05, 3.63) is 34.9 Å². The van der Waals surface area contributed by atoms with Gasteiger partial charge in [-0.15, -0.1) is 0 Å². The number of amides is 1. The minimum Gasteiger partial charge on any atom is -0.273 e. The minimum atomic E-state index is -0.0187. The Hall–Kier alpha value is -1.35. The molecule has 1 rings (SSSR count). The quantitative estimate of drug-likeness (QED) is 0.427. The lowest BCUT2D eigenvalue weighted by Crippen LogP contribution is -2.18. The predicted octanol–water partition coefficient (Wildman–Crippen LogP) is 4.54. The Kier molecular flexibility index (Phi) is 7.97. The molecule has 4 heteroatoms. The van der Waals surface area contributed by atoms with Crippen LogP contribution < -0.4 is 5.43 Å². The summed E-state index contributed by atoms with van der Waals surface area (Å²) >= 11 is 5.83. The van der Waals surface area contributed by atoms with Crippen LogP contribution in [0.4, 0.5) is 0 Å². The fourth-order valence-electron chi connectivity index (χ4n) is 1.85. The largest absolute Gasteiger partial charge is 0.273 e. The molecular weight excluding hydrogens is 272 g/mol. The summed E-state index contributed by atoms with van der Waals surface area (Å²) in [5.41, 5.74) is 4.34. The Labute approximate surface area is 126 Å². The third kappa shape index (κ3) is 6.71. The number of hydrogen-bond acceptors (Lipinski definition) is 2. The van der Waals surface area contributed by atoms with E-state index in [1.807, 2.05) is 31.2 Å². The molecule has 0 aliphatic carbocycles. The number of nitrogens with zero attached hydrogens (tertiary/aromatic N) is 1. The van der Waals surface area contributed by atoms with Crippen molar-refractivity contribution in [1.29, 1.82) is 0 Å². The molecule has 0 fully saturated rings. The highest BCUT2D eigenvalue weighted by molar-refractivity contribution is 6.30. The molecule has 0 radical (unpaired) electrons. The topological polar surface area (TPSA) is 41.5 Å². The molecule has 0 aromatic heterocycles. The first-order valence-corrected chi connectivity index (χ1v) is 7.60. The van der Waals surface area contributed by atoms with Crippen molar-refractivity contribution in [2.24, 2.45) is 5.10 Å². The molecule has 0 heterocycles. The first kappa shape index (κ1) is 16.7. The molecule has 0 saturated heterocycles. The number of hydrazone groups is 1. The maximum atomic E-state index is 11.6. The van der Waals surface area contributed by atoms with E-state index in [-0.39, 0.29) is 5.91 Å². The first-order valence-electron chi connectivity index (χ1n) is 7.22. The Morgan fingerprint density at radius 3 is 2.45 bits per heavy atom. The third-order valence-electron chi connectivity index (χ3n) is 3.12.